The molecule has 0 aromatic heterocycles. The number of nitrogens with one attached hydrogen (secondary N) is 1. The minimum atomic E-state index is -2.64. The van der Waals surface area contributed by atoms with E-state index in [9.17, 15) is 39.6 Å². The van der Waals surface area contributed by atoms with Gasteiger partial charge in [0.25, 0.3) is 0 Å². The van der Waals surface area contributed by atoms with Crippen LogP contribution in [-0.4, -0.2) is 106 Å². The fraction of sp³-hybridized carbons (Fsp3) is 0.571. The summed E-state index contributed by atoms with van der Waals surface area (Å²) in [4.78, 5) is 53.8. The summed E-state index contributed by atoms with van der Waals surface area (Å²) in [6.45, 7) is 0.493. The first-order valence-corrected chi connectivity index (χ1v) is 13.5. The Labute approximate surface area is 237 Å². The van der Waals surface area contributed by atoms with Crippen LogP contribution in [0.3, 0.4) is 0 Å². The van der Waals surface area contributed by atoms with Gasteiger partial charge in [-0.25, -0.2) is 0 Å². The summed E-state index contributed by atoms with van der Waals surface area (Å²) < 4.78 is 0. The molecule has 13 heteroatoms. The molecule has 3 aliphatic rings. The van der Waals surface area contributed by atoms with E-state index in [0.29, 0.717) is 29.8 Å². The second-order valence-corrected chi connectivity index (χ2v) is 11.6. The Bertz CT molecular complexity index is 1320. The SMILES string of the molecule is CN(C)c1cc(CNCCCC(=O)O)c(O)c2c1C[C@H]1C[C@H]3[C@H](N(C)C)C(O)C(C(N)=O)C(=O)[C@@]3(O)C(O)=C1C2=O. The molecular formula is C28H38N4O9. The number of likely N-dealkylation sites (N-methyl/N-ethyl adjacent to an activating group) is 1. The number of primary amides is 1. The molecular weight excluding hydrogens is 536 g/mol. The molecule has 0 radical (unpaired) electrons. The number of carbonyl (C=O) groups excluding carboxylic acids is 3. The molecule has 1 amide bonds. The van der Waals surface area contributed by atoms with E-state index >= 15 is 0 Å². The van der Waals surface area contributed by atoms with Crippen molar-refractivity contribution in [2.24, 2.45) is 23.5 Å². The molecule has 224 valence electrons. The number of Topliss-reactive ketones (excluding diaryl/α,β-unsaturated/α-hetero) is 2. The molecule has 3 aliphatic carbocycles. The Kier molecular flexibility index (Phi) is 8.20. The van der Waals surface area contributed by atoms with E-state index in [1.54, 1.807) is 44.1 Å². The molecule has 0 saturated heterocycles. The quantitative estimate of drug-likeness (QED) is 0.144. The number of rotatable bonds is 9. The molecule has 1 aromatic rings. The van der Waals surface area contributed by atoms with Crippen LogP contribution in [0.15, 0.2) is 17.4 Å². The molecule has 0 spiro atoms. The van der Waals surface area contributed by atoms with Crippen LogP contribution < -0.4 is 16.0 Å². The number of carboxylic acid groups (broad SMARTS) is 1. The summed E-state index contributed by atoms with van der Waals surface area (Å²) in [5.74, 6) is -8.70. The number of nitrogens with two attached hydrogens (primary N) is 1. The standard InChI is InChI=1S/C28H38N4O9/c1-31(2)16-10-13(11-30-7-5-6-17(33)34)22(35)19-14(16)8-12-9-15-21(32(3)4)24(37)20(27(29)40)26(39)28(15,41)25(38)18(12)23(19)36/h10,12,15,20-21,24,30,35,37-38,41H,5-9,11H2,1-4H3,(H2,29,40)(H,33,34)/t12-,15-,20?,21-,24?,28-/m0/s1. The number of phenolic OH excluding ortho intramolecular Hbond substituents is 1. The zero-order valence-electron chi connectivity index (χ0n) is 23.5. The lowest BCUT2D eigenvalue weighted by Gasteiger charge is -2.53. The first-order chi connectivity index (χ1) is 19.1. The summed E-state index contributed by atoms with van der Waals surface area (Å²) in [6.07, 6.45) is -0.952. The molecule has 0 aliphatic heterocycles. The van der Waals surface area contributed by atoms with E-state index in [4.69, 9.17) is 10.8 Å². The van der Waals surface area contributed by atoms with Crippen molar-refractivity contribution in [3.8, 4) is 5.75 Å². The highest BCUT2D eigenvalue weighted by Gasteiger charge is 2.66. The molecule has 8 N–H and O–H groups in total. The number of ketones is 2. The van der Waals surface area contributed by atoms with Crippen LogP contribution in [0.2, 0.25) is 0 Å². The van der Waals surface area contributed by atoms with Crippen molar-refractivity contribution in [2.75, 3.05) is 39.6 Å². The third-order valence-electron chi connectivity index (χ3n) is 8.69. The number of aliphatic hydroxyl groups is 3. The van der Waals surface area contributed by atoms with Crippen LogP contribution in [0.1, 0.15) is 40.7 Å². The van der Waals surface area contributed by atoms with E-state index < -0.39 is 64.7 Å². The lowest BCUT2D eigenvalue weighted by Crippen LogP contribution is -2.71. The summed E-state index contributed by atoms with van der Waals surface area (Å²) in [5.41, 5.74) is 4.09. The number of fused-ring (bicyclic) bond motifs is 3. The number of anilines is 1. The van der Waals surface area contributed by atoms with Crippen molar-refractivity contribution in [3.63, 3.8) is 0 Å². The number of aliphatic carboxylic acids is 1. The fourth-order valence-corrected chi connectivity index (χ4v) is 6.83. The van der Waals surface area contributed by atoms with Crippen LogP contribution in [-0.2, 0) is 27.3 Å². The Balaban J connectivity index is 1.82. The summed E-state index contributed by atoms with van der Waals surface area (Å²) in [7, 11) is 6.79. The number of carboxylic acids is 1. The predicted octanol–water partition coefficient (Wildman–Crippen LogP) is -0.694. The van der Waals surface area contributed by atoms with Gasteiger partial charge in [0.2, 0.25) is 5.91 Å². The molecule has 0 heterocycles. The van der Waals surface area contributed by atoms with Gasteiger partial charge in [-0.05, 0) is 57.5 Å². The third kappa shape index (κ3) is 4.86. The Hall–Kier alpha value is -3.52. The molecule has 41 heavy (non-hydrogen) atoms. The molecule has 1 saturated carbocycles. The van der Waals surface area contributed by atoms with Crippen LogP contribution in [0.4, 0.5) is 5.69 Å². The molecule has 2 unspecified atom stereocenters. The van der Waals surface area contributed by atoms with Gasteiger partial charge in [-0.1, -0.05) is 0 Å². The first-order valence-electron chi connectivity index (χ1n) is 13.5. The zero-order chi connectivity index (χ0) is 30.5. The summed E-state index contributed by atoms with van der Waals surface area (Å²) >= 11 is 0. The summed E-state index contributed by atoms with van der Waals surface area (Å²) in [6, 6.07) is 0.805. The lowest BCUT2D eigenvalue weighted by molar-refractivity contribution is -0.178. The van der Waals surface area contributed by atoms with Gasteiger partial charge in [0.05, 0.1) is 11.7 Å². The Morgan fingerprint density at radius 2 is 1.83 bits per heavy atom. The maximum atomic E-state index is 14.0. The number of allylic oxidation sites excluding steroid dienone is 1. The third-order valence-corrected chi connectivity index (χ3v) is 8.69. The Morgan fingerprint density at radius 1 is 1.17 bits per heavy atom. The highest BCUT2D eigenvalue weighted by molar-refractivity contribution is 6.16. The molecule has 0 bridgehead atoms. The van der Waals surface area contributed by atoms with E-state index in [0.717, 1.165) is 0 Å². The van der Waals surface area contributed by atoms with Crippen molar-refractivity contribution in [1.82, 2.24) is 10.2 Å². The second kappa shape index (κ2) is 11.0. The predicted molar refractivity (Wildman–Crippen MR) is 146 cm³/mol. The van der Waals surface area contributed by atoms with Crippen LogP contribution >= 0.6 is 0 Å². The normalized spacial score (nSPS) is 29.2. The summed E-state index contributed by atoms with van der Waals surface area (Å²) in [5, 5.41) is 57.4. The zero-order valence-corrected chi connectivity index (χ0v) is 23.5. The second-order valence-electron chi connectivity index (χ2n) is 11.6. The number of hydrogen-bond acceptors (Lipinski definition) is 11. The van der Waals surface area contributed by atoms with Crippen LogP contribution in [0.25, 0.3) is 0 Å². The van der Waals surface area contributed by atoms with Crippen molar-refractivity contribution in [2.45, 2.75) is 50.0 Å². The van der Waals surface area contributed by atoms with Gasteiger partial charge in [0.15, 0.2) is 17.2 Å². The molecule has 1 aromatic carbocycles. The van der Waals surface area contributed by atoms with Gasteiger partial charge in [0.1, 0.15) is 17.4 Å². The molecule has 6 atom stereocenters. The Morgan fingerprint density at radius 3 is 2.39 bits per heavy atom. The van der Waals surface area contributed by atoms with Gasteiger partial charge in [-0.2, -0.15) is 0 Å². The van der Waals surface area contributed by atoms with Gasteiger partial charge >= 0.3 is 5.97 Å². The highest BCUT2D eigenvalue weighted by Crippen LogP contribution is 2.53. The first kappa shape index (κ1) is 30.4. The molecule has 13 nitrogen and oxygen atoms in total. The van der Waals surface area contributed by atoms with Gasteiger partial charge < -0.3 is 46.4 Å². The fourth-order valence-electron chi connectivity index (χ4n) is 6.83. The van der Waals surface area contributed by atoms with E-state index in [1.807, 2.05) is 0 Å². The van der Waals surface area contributed by atoms with Crippen molar-refractivity contribution in [1.29, 1.82) is 0 Å². The van der Waals surface area contributed by atoms with Gasteiger partial charge in [-0.3, -0.25) is 19.2 Å². The van der Waals surface area contributed by atoms with Crippen molar-refractivity contribution >= 4 is 29.1 Å². The van der Waals surface area contributed by atoms with Crippen molar-refractivity contribution in [3.05, 3.63) is 34.1 Å². The average molecular weight is 575 g/mol. The maximum Gasteiger partial charge on any atom is 0.303 e. The number of phenols is 1. The number of hydrogen-bond donors (Lipinski definition) is 7. The average Bonchev–Trinajstić information content (AvgIpc) is 2.86. The van der Waals surface area contributed by atoms with E-state index in [2.05, 4.69) is 5.32 Å². The number of aromatic hydroxyl groups is 1. The van der Waals surface area contributed by atoms with Gasteiger partial charge in [-0.15, -0.1) is 0 Å². The van der Waals surface area contributed by atoms with E-state index in [-0.39, 0.29) is 42.7 Å². The maximum absolute atomic E-state index is 14.0. The van der Waals surface area contributed by atoms with Crippen molar-refractivity contribution < 1.29 is 44.7 Å². The van der Waals surface area contributed by atoms with Gasteiger partial charge in [0, 0.05) is 55.8 Å². The lowest BCUT2D eigenvalue weighted by atomic mass is 9.56. The number of nitrogens with zero attached hydrogens (tertiary/aromatic N) is 2. The number of amides is 1. The minimum absolute atomic E-state index is 0.0234. The number of carbonyl (C=O) groups is 4. The molecule has 1 fully saturated rings. The monoisotopic (exact) mass is 574 g/mol. The topological polar surface area (TPSA) is 214 Å². The number of aliphatic hydroxyl groups excluding tert-OH is 2. The molecule has 4 rings (SSSR count). The van der Waals surface area contributed by atoms with E-state index in [1.165, 1.54) is 0 Å². The van der Waals surface area contributed by atoms with Crippen LogP contribution in [0, 0.1) is 17.8 Å². The number of benzene rings is 1. The largest absolute Gasteiger partial charge is 0.508 e. The smallest absolute Gasteiger partial charge is 0.303 e. The highest BCUT2D eigenvalue weighted by atomic mass is 16.4. The van der Waals surface area contributed by atoms with Crippen LogP contribution in [0.5, 0.6) is 5.75 Å². The minimum Gasteiger partial charge on any atom is -0.508 e.